The molecule has 0 amide bonds. The van der Waals surface area contributed by atoms with Crippen LogP contribution in [0.15, 0.2) is 0 Å². The van der Waals surface area contributed by atoms with Crippen molar-refractivity contribution in [2.24, 2.45) is 0 Å². The summed E-state index contributed by atoms with van der Waals surface area (Å²) in [5, 5.41) is 8.45. The van der Waals surface area contributed by atoms with Crippen LogP contribution in [0.3, 0.4) is 0 Å². The Morgan fingerprint density at radius 2 is 2.36 bits per heavy atom. The molecule has 0 saturated carbocycles. The van der Waals surface area contributed by atoms with Crippen LogP contribution < -0.4 is 0 Å². The highest BCUT2D eigenvalue weighted by Crippen LogP contribution is 1.91. The molecule has 0 radical (unpaired) electrons. The molecule has 0 fully saturated rings. The second-order valence-electron chi connectivity index (χ2n) is 1.86. The van der Waals surface area contributed by atoms with Gasteiger partial charge in [-0.2, -0.15) is 12.6 Å². The molecule has 1 unspecified atom stereocenters. The summed E-state index contributed by atoms with van der Waals surface area (Å²) in [7, 11) is 1.34. The van der Waals surface area contributed by atoms with Gasteiger partial charge in [0, 0.05) is 12.9 Å². The molecule has 0 aromatic rings. The average Bonchev–Trinajstić information content (AvgIpc) is 1.97. The van der Waals surface area contributed by atoms with Crippen molar-refractivity contribution in [3.8, 4) is 0 Å². The molecule has 0 aromatic heterocycles. The summed E-state index contributed by atoms with van der Waals surface area (Å²) in [6, 6.07) is 0. The number of ether oxygens (including phenoxy) is 2. The van der Waals surface area contributed by atoms with Crippen molar-refractivity contribution >= 4 is 18.6 Å². The van der Waals surface area contributed by atoms with Gasteiger partial charge in [0.15, 0.2) is 6.10 Å². The molecule has 0 rings (SSSR count). The monoisotopic (exact) mass is 180 g/mol. The maximum atomic E-state index is 10.3. The molecule has 0 aliphatic heterocycles. The van der Waals surface area contributed by atoms with Crippen molar-refractivity contribution in [3.63, 3.8) is 0 Å². The summed E-state index contributed by atoms with van der Waals surface area (Å²) in [6.07, 6.45) is -0.866. The van der Waals surface area contributed by atoms with Crippen molar-refractivity contribution in [2.45, 2.75) is 6.10 Å². The van der Waals surface area contributed by atoms with Gasteiger partial charge in [0.1, 0.15) is 0 Å². The zero-order chi connectivity index (χ0) is 8.69. The largest absolute Gasteiger partial charge is 0.479 e. The summed E-state index contributed by atoms with van der Waals surface area (Å²) < 4.78 is 9.52. The van der Waals surface area contributed by atoms with E-state index in [-0.39, 0.29) is 6.61 Å². The molecule has 0 spiro atoms. The van der Waals surface area contributed by atoms with Gasteiger partial charge in [-0.05, 0) is 0 Å². The number of thiol groups is 1. The minimum atomic E-state index is -1.01. The highest BCUT2D eigenvalue weighted by atomic mass is 32.1. The lowest BCUT2D eigenvalue weighted by molar-refractivity contribution is -0.152. The molecular weight excluding hydrogens is 168 g/mol. The fourth-order valence-electron chi connectivity index (χ4n) is 0.495. The lowest BCUT2D eigenvalue weighted by Crippen LogP contribution is -2.28. The summed E-state index contributed by atoms with van der Waals surface area (Å²) in [5.74, 6) is -0.428. The van der Waals surface area contributed by atoms with Gasteiger partial charge < -0.3 is 14.6 Å². The van der Waals surface area contributed by atoms with Gasteiger partial charge in [0.25, 0.3) is 0 Å². The number of carbonyl (C=O) groups is 1. The lowest BCUT2D eigenvalue weighted by Gasteiger charge is -2.09. The normalized spacial score (nSPS) is 12.9. The zero-order valence-corrected chi connectivity index (χ0v) is 7.21. The molecule has 1 N–H and O–H groups in total. The zero-order valence-electron chi connectivity index (χ0n) is 6.32. The molecule has 66 valence electrons. The van der Waals surface area contributed by atoms with E-state index in [4.69, 9.17) is 9.84 Å². The Hall–Kier alpha value is -0.260. The fourth-order valence-corrected chi connectivity index (χ4v) is 0.624. The average molecular weight is 180 g/mol. The van der Waals surface area contributed by atoms with Crippen LogP contribution in [0.25, 0.3) is 0 Å². The Kier molecular flexibility index (Phi) is 6.30. The van der Waals surface area contributed by atoms with E-state index in [0.29, 0.717) is 12.4 Å². The van der Waals surface area contributed by atoms with Gasteiger partial charge in [-0.25, -0.2) is 4.79 Å². The molecule has 0 aliphatic rings. The van der Waals surface area contributed by atoms with Crippen molar-refractivity contribution in [1.82, 2.24) is 0 Å². The van der Waals surface area contributed by atoms with Crippen LogP contribution in [0.1, 0.15) is 0 Å². The van der Waals surface area contributed by atoms with Gasteiger partial charge >= 0.3 is 5.97 Å². The maximum absolute atomic E-state index is 10.3. The Balaban J connectivity index is 3.44. The van der Waals surface area contributed by atoms with E-state index in [1.54, 1.807) is 0 Å². The first-order valence-electron chi connectivity index (χ1n) is 3.16. The standard InChI is InChI=1S/C6H12O4S/c1-9-5(6(7)8)4-10-2-3-11/h5,11H,2-4H2,1H3,(H,7,8). The van der Waals surface area contributed by atoms with Crippen LogP contribution in [0.2, 0.25) is 0 Å². The van der Waals surface area contributed by atoms with E-state index in [1.165, 1.54) is 7.11 Å². The van der Waals surface area contributed by atoms with E-state index in [9.17, 15) is 4.79 Å². The number of carboxylic acid groups (broad SMARTS) is 1. The number of hydrogen-bond acceptors (Lipinski definition) is 4. The van der Waals surface area contributed by atoms with E-state index in [1.807, 2.05) is 0 Å². The van der Waals surface area contributed by atoms with Gasteiger partial charge in [-0.1, -0.05) is 0 Å². The number of rotatable bonds is 6. The van der Waals surface area contributed by atoms with Crippen molar-refractivity contribution < 1.29 is 19.4 Å². The molecule has 0 aromatic carbocycles. The maximum Gasteiger partial charge on any atom is 0.335 e. The van der Waals surface area contributed by atoms with Crippen LogP contribution >= 0.6 is 12.6 Å². The Morgan fingerprint density at radius 3 is 2.73 bits per heavy atom. The smallest absolute Gasteiger partial charge is 0.335 e. The second-order valence-corrected chi connectivity index (χ2v) is 2.31. The first-order chi connectivity index (χ1) is 5.22. The molecule has 0 heterocycles. The van der Waals surface area contributed by atoms with E-state index < -0.39 is 12.1 Å². The summed E-state index contributed by atoms with van der Waals surface area (Å²) >= 11 is 3.89. The quantitative estimate of drug-likeness (QED) is 0.447. The number of carboxylic acids is 1. The Labute approximate surface area is 70.9 Å². The number of aliphatic carboxylic acids is 1. The molecule has 0 bridgehead atoms. The van der Waals surface area contributed by atoms with Gasteiger partial charge in [0.05, 0.1) is 13.2 Å². The van der Waals surface area contributed by atoms with E-state index >= 15 is 0 Å². The minimum absolute atomic E-state index is 0.0758. The highest BCUT2D eigenvalue weighted by Gasteiger charge is 2.15. The fraction of sp³-hybridized carbons (Fsp3) is 0.833. The molecule has 5 heteroatoms. The van der Waals surface area contributed by atoms with Crippen molar-refractivity contribution in [3.05, 3.63) is 0 Å². The number of methoxy groups -OCH3 is 1. The van der Waals surface area contributed by atoms with Crippen LogP contribution in [-0.4, -0.2) is 43.3 Å². The topological polar surface area (TPSA) is 55.8 Å². The summed E-state index contributed by atoms with van der Waals surface area (Å²) in [5.41, 5.74) is 0. The van der Waals surface area contributed by atoms with Crippen LogP contribution in [0, 0.1) is 0 Å². The van der Waals surface area contributed by atoms with Crippen molar-refractivity contribution in [2.75, 3.05) is 26.1 Å². The summed E-state index contributed by atoms with van der Waals surface area (Å²) in [6.45, 7) is 0.517. The van der Waals surface area contributed by atoms with E-state index in [2.05, 4.69) is 17.4 Å². The van der Waals surface area contributed by atoms with Crippen molar-refractivity contribution in [1.29, 1.82) is 0 Å². The van der Waals surface area contributed by atoms with Crippen LogP contribution in [0.4, 0.5) is 0 Å². The van der Waals surface area contributed by atoms with E-state index in [0.717, 1.165) is 0 Å². The van der Waals surface area contributed by atoms with Gasteiger partial charge in [-0.3, -0.25) is 0 Å². The van der Waals surface area contributed by atoms with Crippen LogP contribution in [0.5, 0.6) is 0 Å². The summed E-state index contributed by atoms with van der Waals surface area (Å²) in [4.78, 5) is 10.3. The molecule has 4 nitrogen and oxygen atoms in total. The molecule has 1 atom stereocenters. The molecule has 0 aliphatic carbocycles. The molecule has 11 heavy (non-hydrogen) atoms. The third kappa shape index (κ3) is 5.06. The predicted molar refractivity (Wildman–Crippen MR) is 43.1 cm³/mol. The second kappa shape index (κ2) is 6.45. The molecule has 0 saturated heterocycles. The molecular formula is C6H12O4S. The lowest BCUT2D eigenvalue weighted by atomic mass is 10.4. The number of hydrogen-bond donors (Lipinski definition) is 2. The first-order valence-corrected chi connectivity index (χ1v) is 3.79. The van der Waals surface area contributed by atoms with Gasteiger partial charge in [-0.15, -0.1) is 0 Å². The Morgan fingerprint density at radius 1 is 1.73 bits per heavy atom. The van der Waals surface area contributed by atoms with Crippen LogP contribution in [-0.2, 0) is 14.3 Å². The first kappa shape index (κ1) is 10.7. The highest BCUT2D eigenvalue weighted by molar-refractivity contribution is 7.80. The predicted octanol–water partition coefficient (Wildman–Crippen LogP) is 0.0324. The van der Waals surface area contributed by atoms with Gasteiger partial charge in [0.2, 0.25) is 0 Å². The Bertz CT molecular complexity index is 117. The SMILES string of the molecule is COC(COCCS)C(=O)O. The minimum Gasteiger partial charge on any atom is -0.479 e. The third-order valence-electron chi connectivity index (χ3n) is 1.06. The third-order valence-corrected chi connectivity index (χ3v) is 1.25.